The first-order valence-corrected chi connectivity index (χ1v) is 4.50. The lowest BCUT2D eigenvalue weighted by molar-refractivity contribution is 0.0341. The lowest BCUT2D eigenvalue weighted by Crippen LogP contribution is -2.35. The molecule has 0 saturated carbocycles. The number of nitrogens with zero attached hydrogens (tertiary/aromatic N) is 1. The normalized spacial score (nSPS) is 29.1. The Kier molecular flexibility index (Phi) is 2.39. The van der Waals surface area contributed by atoms with Crippen LogP contribution < -0.4 is 11.2 Å². The number of aliphatic hydroxyl groups excluding tert-OH is 1. The Bertz CT molecular complexity index is 535. The fourth-order valence-corrected chi connectivity index (χ4v) is 1.46. The van der Waals surface area contributed by atoms with Crippen LogP contribution in [0.4, 0.5) is 4.39 Å². The van der Waals surface area contributed by atoms with Crippen molar-refractivity contribution in [3.63, 3.8) is 0 Å². The second-order valence-corrected chi connectivity index (χ2v) is 3.38. The number of hydrogen-bond donors (Lipinski definition) is 2. The summed E-state index contributed by atoms with van der Waals surface area (Å²) < 4.78 is 19.3. The minimum atomic E-state index is -1.80. The van der Waals surface area contributed by atoms with Crippen molar-refractivity contribution in [2.45, 2.75) is 18.5 Å². The van der Waals surface area contributed by atoms with Gasteiger partial charge in [-0.2, -0.15) is 0 Å². The van der Waals surface area contributed by atoms with E-state index in [1.807, 2.05) is 4.98 Å². The Labute approximate surface area is 88.6 Å². The van der Waals surface area contributed by atoms with Gasteiger partial charge in [-0.1, -0.05) is 6.58 Å². The first kappa shape index (κ1) is 10.6. The second-order valence-electron chi connectivity index (χ2n) is 3.38. The number of aliphatic hydroxyl groups is 1. The summed E-state index contributed by atoms with van der Waals surface area (Å²) in [6.45, 7) is 3.31. The number of ether oxygens (including phenoxy) is 1. The van der Waals surface area contributed by atoms with Crippen LogP contribution in [0.15, 0.2) is 34.2 Å². The van der Waals surface area contributed by atoms with Crippen LogP contribution in [-0.2, 0) is 4.74 Å². The predicted octanol–water partition coefficient (Wildman–Crippen LogP) is -0.722. The zero-order valence-corrected chi connectivity index (χ0v) is 8.09. The van der Waals surface area contributed by atoms with E-state index in [2.05, 4.69) is 6.58 Å². The van der Waals surface area contributed by atoms with Crippen LogP contribution >= 0.6 is 0 Å². The molecule has 1 saturated heterocycles. The van der Waals surface area contributed by atoms with Crippen molar-refractivity contribution in [3.8, 4) is 0 Å². The third kappa shape index (κ3) is 1.54. The number of aromatic nitrogens is 2. The highest BCUT2D eigenvalue weighted by Crippen LogP contribution is 2.31. The fourth-order valence-electron chi connectivity index (χ4n) is 1.46. The number of aromatic amines is 1. The molecule has 16 heavy (non-hydrogen) atoms. The summed E-state index contributed by atoms with van der Waals surface area (Å²) in [5.41, 5.74) is -1.39. The molecule has 1 aromatic heterocycles. The molecule has 2 rings (SSSR count). The molecule has 0 amide bonds. The van der Waals surface area contributed by atoms with E-state index in [1.54, 1.807) is 0 Å². The minimum Gasteiger partial charge on any atom is -0.469 e. The van der Waals surface area contributed by atoms with Gasteiger partial charge < -0.3 is 9.84 Å². The standard InChI is InChI=1S/C9H9FN2O4/c1-4-7(14)6(10)8(16-4)12-3-2-5(13)11-9(12)15/h2-3,6-8,14H,1H2,(H,11,13,15). The Hall–Kier alpha value is -1.89. The van der Waals surface area contributed by atoms with Crippen LogP contribution in [-0.4, -0.2) is 26.9 Å². The molecule has 3 atom stereocenters. The molecule has 2 heterocycles. The molecular formula is C9H9FN2O4. The summed E-state index contributed by atoms with van der Waals surface area (Å²) in [7, 11) is 0. The van der Waals surface area contributed by atoms with Gasteiger partial charge in [0.25, 0.3) is 5.56 Å². The fraction of sp³-hybridized carbons (Fsp3) is 0.333. The molecule has 6 nitrogen and oxygen atoms in total. The third-order valence-electron chi connectivity index (χ3n) is 2.30. The smallest absolute Gasteiger partial charge is 0.331 e. The Morgan fingerprint density at radius 1 is 1.56 bits per heavy atom. The summed E-state index contributed by atoms with van der Waals surface area (Å²) in [6, 6.07) is 1.06. The van der Waals surface area contributed by atoms with Gasteiger partial charge in [0, 0.05) is 12.3 Å². The molecule has 2 N–H and O–H groups in total. The molecule has 86 valence electrons. The maximum atomic E-state index is 13.5. The number of H-pyrrole nitrogens is 1. The average Bonchev–Trinajstić information content (AvgIpc) is 2.46. The molecule has 0 aromatic carbocycles. The van der Waals surface area contributed by atoms with E-state index < -0.39 is 29.8 Å². The maximum Gasteiger partial charge on any atom is 0.331 e. The number of alkyl halides is 1. The molecule has 7 heteroatoms. The van der Waals surface area contributed by atoms with E-state index in [0.717, 1.165) is 16.8 Å². The van der Waals surface area contributed by atoms with Crippen molar-refractivity contribution in [3.05, 3.63) is 45.4 Å². The van der Waals surface area contributed by atoms with Gasteiger partial charge in [-0.25, -0.2) is 9.18 Å². The van der Waals surface area contributed by atoms with E-state index in [-0.39, 0.29) is 5.76 Å². The molecule has 1 aliphatic rings. The van der Waals surface area contributed by atoms with Crippen molar-refractivity contribution in [2.75, 3.05) is 0 Å². The van der Waals surface area contributed by atoms with Crippen LogP contribution in [0.1, 0.15) is 6.23 Å². The van der Waals surface area contributed by atoms with E-state index in [1.165, 1.54) is 0 Å². The molecule has 3 unspecified atom stereocenters. The third-order valence-corrected chi connectivity index (χ3v) is 2.30. The quantitative estimate of drug-likeness (QED) is 0.664. The van der Waals surface area contributed by atoms with Gasteiger partial charge in [0.15, 0.2) is 6.17 Å². The number of hydrogen-bond acceptors (Lipinski definition) is 4. The molecule has 0 aliphatic carbocycles. The minimum absolute atomic E-state index is 0.143. The van der Waals surface area contributed by atoms with Crippen molar-refractivity contribution in [2.24, 2.45) is 0 Å². The molecule has 0 radical (unpaired) electrons. The number of rotatable bonds is 1. The largest absolute Gasteiger partial charge is 0.469 e. The van der Waals surface area contributed by atoms with Gasteiger partial charge in [-0.3, -0.25) is 14.3 Å². The zero-order valence-electron chi connectivity index (χ0n) is 8.09. The average molecular weight is 228 g/mol. The van der Waals surface area contributed by atoms with Crippen LogP contribution in [0, 0.1) is 0 Å². The molecule has 1 aromatic rings. The van der Waals surface area contributed by atoms with Crippen LogP contribution in [0.3, 0.4) is 0 Å². The lowest BCUT2D eigenvalue weighted by Gasteiger charge is -2.14. The second kappa shape index (κ2) is 3.60. The Morgan fingerprint density at radius 3 is 2.75 bits per heavy atom. The van der Waals surface area contributed by atoms with Crippen LogP contribution in [0.25, 0.3) is 0 Å². The topological polar surface area (TPSA) is 84.3 Å². The Morgan fingerprint density at radius 2 is 2.25 bits per heavy atom. The van der Waals surface area contributed by atoms with Crippen molar-refractivity contribution >= 4 is 0 Å². The van der Waals surface area contributed by atoms with Crippen LogP contribution in [0.5, 0.6) is 0 Å². The summed E-state index contributed by atoms with van der Waals surface area (Å²) in [5.74, 6) is -0.143. The number of halogens is 1. The van der Waals surface area contributed by atoms with Crippen LogP contribution in [0.2, 0.25) is 0 Å². The van der Waals surface area contributed by atoms with Gasteiger partial charge in [0.05, 0.1) is 0 Å². The SMILES string of the molecule is C=C1OC(n2ccc(=O)[nH]c2=O)C(F)C1O. The van der Waals surface area contributed by atoms with E-state index >= 15 is 0 Å². The summed E-state index contributed by atoms with van der Waals surface area (Å²) in [4.78, 5) is 24.1. The van der Waals surface area contributed by atoms with Crippen molar-refractivity contribution < 1.29 is 14.2 Å². The summed E-state index contributed by atoms with van der Waals surface area (Å²) in [6.07, 6.45) is -3.46. The summed E-state index contributed by atoms with van der Waals surface area (Å²) in [5, 5.41) is 9.26. The van der Waals surface area contributed by atoms with E-state index in [9.17, 15) is 19.1 Å². The van der Waals surface area contributed by atoms with Gasteiger partial charge in [-0.15, -0.1) is 0 Å². The number of nitrogens with one attached hydrogen (secondary N) is 1. The summed E-state index contributed by atoms with van der Waals surface area (Å²) >= 11 is 0. The first-order chi connectivity index (χ1) is 7.50. The monoisotopic (exact) mass is 228 g/mol. The van der Waals surface area contributed by atoms with Crippen molar-refractivity contribution in [1.82, 2.24) is 9.55 Å². The lowest BCUT2D eigenvalue weighted by atomic mass is 10.2. The highest BCUT2D eigenvalue weighted by molar-refractivity contribution is 5.05. The van der Waals surface area contributed by atoms with E-state index in [4.69, 9.17) is 4.74 Å². The van der Waals surface area contributed by atoms with Crippen molar-refractivity contribution in [1.29, 1.82) is 0 Å². The van der Waals surface area contributed by atoms with Gasteiger partial charge in [0.2, 0.25) is 6.23 Å². The Balaban J connectivity index is 2.43. The predicted molar refractivity (Wildman–Crippen MR) is 51.5 cm³/mol. The van der Waals surface area contributed by atoms with Gasteiger partial charge in [0.1, 0.15) is 11.9 Å². The molecule has 1 aliphatic heterocycles. The van der Waals surface area contributed by atoms with Gasteiger partial charge in [-0.05, 0) is 0 Å². The molecule has 0 spiro atoms. The first-order valence-electron chi connectivity index (χ1n) is 4.50. The zero-order chi connectivity index (χ0) is 11.9. The van der Waals surface area contributed by atoms with Gasteiger partial charge >= 0.3 is 5.69 Å². The molecule has 1 fully saturated rings. The highest BCUT2D eigenvalue weighted by atomic mass is 19.1. The maximum absolute atomic E-state index is 13.5. The highest BCUT2D eigenvalue weighted by Gasteiger charge is 2.41. The molecular weight excluding hydrogens is 219 g/mol. The molecule has 0 bridgehead atoms. The van der Waals surface area contributed by atoms with E-state index in [0.29, 0.717) is 0 Å².